The predicted molar refractivity (Wildman–Crippen MR) is 54.0 cm³/mol. The van der Waals surface area contributed by atoms with Gasteiger partial charge in [0.25, 0.3) is 0 Å². The van der Waals surface area contributed by atoms with Crippen molar-refractivity contribution in [1.82, 2.24) is 9.78 Å². The third-order valence-corrected chi connectivity index (χ3v) is 2.58. The van der Waals surface area contributed by atoms with Crippen LogP contribution in [0, 0.1) is 0 Å². The van der Waals surface area contributed by atoms with Gasteiger partial charge >= 0.3 is 0 Å². The summed E-state index contributed by atoms with van der Waals surface area (Å²) in [4.78, 5) is 0. The topological polar surface area (TPSA) is 29.9 Å². The molecule has 3 heteroatoms. The third-order valence-electron chi connectivity index (χ3n) is 2.58. The van der Waals surface area contributed by atoms with Crippen molar-refractivity contribution in [2.45, 2.75) is 39.2 Å². The van der Waals surface area contributed by atoms with Crippen molar-refractivity contribution in [3.05, 3.63) is 11.8 Å². The van der Waals surface area contributed by atoms with E-state index in [1.165, 1.54) is 24.4 Å². The van der Waals surface area contributed by atoms with E-state index in [1.807, 2.05) is 0 Å². The van der Waals surface area contributed by atoms with Crippen molar-refractivity contribution in [2.24, 2.45) is 0 Å². The van der Waals surface area contributed by atoms with Gasteiger partial charge in [-0.1, -0.05) is 13.3 Å². The Balaban J connectivity index is 2.25. The molecule has 3 nitrogen and oxygen atoms in total. The number of fused-ring (bicyclic) bond motifs is 1. The number of anilines is 1. The average Bonchev–Trinajstić information content (AvgIpc) is 2.49. The Bertz CT molecular complexity index is 290. The molecule has 0 fully saturated rings. The van der Waals surface area contributed by atoms with Crippen LogP contribution in [-0.4, -0.2) is 16.3 Å². The first-order chi connectivity index (χ1) is 6.31. The van der Waals surface area contributed by atoms with Crippen molar-refractivity contribution in [3.63, 3.8) is 0 Å². The summed E-state index contributed by atoms with van der Waals surface area (Å²) in [5.74, 6) is 1.20. The molecule has 1 N–H and O–H groups in total. The second-order valence-corrected chi connectivity index (χ2v) is 3.78. The number of hydrogen-bond acceptors (Lipinski definition) is 2. The number of hydrogen-bond donors (Lipinski definition) is 1. The molecule has 0 radical (unpaired) electrons. The van der Waals surface area contributed by atoms with Crippen molar-refractivity contribution >= 4 is 5.82 Å². The van der Waals surface area contributed by atoms with Crippen molar-refractivity contribution in [3.8, 4) is 0 Å². The fourth-order valence-electron chi connectivity index (χ4n) is 1.82. The van der Waals surface area contributed by atoms with Crippen LogP contribution in [0.4, 0.5) is 5.82 Å². The number of nitrogens with zero attached hydrogens (tertiary/aromatic N) is 2. The molecule has 1 aromatic rings. The summed E-state index contributed by atoms with van der Waals surface area (Å²) in [6.07, 6.45) is 3.44. The first kappa shape index (κ1) is 8.60. The van der Waals surface area contributed by atoms with E-state index in [9.17, 15) is 0 Å². The van der Waals surface area contributed by atoms with Crippen molar-refractivity contribution in [1.29, 1.82) is 0 Å². The van der Waals surface area contributed by atoms with E-state index in [0.29, 0.717) is 6.04 Å². The first-order valence-electron chi connectivity index (χ1n) is 5.13. The minimum atomic E-state index is 0.557. The largest absolute Gasteiger partial charge is 0.370 e. The number of aromatic nitrogens is 2. The standard InChI is InChI=1S/C10H17N3/c1-3-4-9-7-10-11-6-5-8(2)13(10)12-9/h7-8,11H,3-6H2,1-2H3. The molecule has 0 saturated heterocycles. The molecule has 0 aromatic carbocycles. The molecule has 2 heterocycles. The Morgan fingerprint density at radius 3 is 3.23 bits per heavy atom. The van der Waals surface area contributed by atoms with Gasteiger partial charge in [0, 0.05) is 12.6 Å². The average molecular weight is 179 g/mol. The maximum absolute atomic E-state index is 4.58. The number of nitrogens with one attached hydrogen (secondary N) is 1. The van der Waals surface area contributed by atoms with E-state index < -0.39 is 0 Å². The molecule has 0 bridgehead atoms. The lowest BCUT2D eigenvalue weighted by molar-refractivity contribution is 0.449. The minimum absolute atomic E-state index is 0.557. The smallest absolute Gasteiger partial charge is 0.124 e. The lowest BCUT2D eigenvalue weighted by Gasteiger charge is -2.21. The fourth-order valence-corrected chi connectivity index (χ4v) is 1.82. The van der Waals surface area contributed by atoms with Gasteiger partial charge in [0.05, 0.1) is 11.7 Å². The van der Waals surface area contributed by atoms with Crippen LogP contribution in [-0.2, 0) is 6.42 Å². The zero-order valence-electron chi connectivity index (χ0n) is 8.38. The summed E-state index contributed by atoms with van der Waals surface area (Å²) in [6, 6.07) is 2.74. The molecule has 1 aliphatic rings. The highest BCUT2D eigenvalue weighted by Gasteiger charge is 2.16. The van der Waals surface area contributed by atoms with Gasteiger partial charge in [0.15, 0.2) is 0 Å². The summed E-state index contributed by atoms with van der Waals surface area (Å²) in [5.41, 5.74) is 1.22. The molecule has 1 aromatic heterocycles. The van der Waals surface area contributed by atoms with Crippen LogP contribution in [0.5, 0.6) is 0 Å². The Labute approximate surface area is 79.1 Å². The molecule has 0 amide bonds. The fraction of sp³-hybridized carbons (Fsp3) is 0.700. The quantitative estimate of drug-likeness (QED) is 0.754. The van der Waals surface area contributed by atoms with E-state index in [1.54, 1.807) is 0 Å². The van der Waals surface area contributed by atoms with Crippen LogP contribution < -0.4 is 5.32 Å². The number of rotatable bonds is 2. The van der Waals surface area contributed by atoms with Crippen LogP contribution in [0.25, 0.3) is 0 Å². The van der Waals surface area contributed by atoms with Gasteiger partial charge in [-0.25, -0.2) is 4.68 Å². The van der Waals surface area contributed by atoms with Gasteiger partial charge in [0.2, 0.25) is 0 Å². The predicted octanol–water partition coefficient (Wildman–Crippen LogP) is 2.21. The monoisotopic (exact) mass is 179 g/mol. The Morgan fingerprint density at radius 1 is 1.69 bits per heavy atom. The molecule has 1 unspecified atom stereocenters. The Morgan fingerprint density at radius 2 is 2.54 bits per heavy atom. The normalized spacial score (nSPS) is 20.9. The van der Waals surface area contributed by atoms with Crippen molar-refractivity contribution < 1.29 is 0 Å². The summed E-state index contributed by atoms with van der Waals surface area (Å²) >= 11 is 0. The van der Waals surface area contributed by atoms with Crippen LogP contribution in [0.3, 0.4) is 0 Å². The third kappa shape index (κ3) is 1.55. The van der Waals surface area contributed by atoms with Gasteiger partial charge in [-0.15, -0.1) is 0 Å². The van der Waals surface area contributed by atoms with Crippen LogP contribution >= 0.6 is 0 Å². The van der Waals surface area contributed by atoms with Gasteiger partial charge in [-0.05, 0) is 19.8 Å². The maximum atomic E-state index is 4.58. The van der Waals surface area contributed by atoms with E-state index in [4.69, 9.17) is 0 Å². The van der Waals surface area contributed by atoms with Gasteiger partial charge in [-0.2, -0.15) is 5.10 Å². The highest BCUT2D eigenvalue weighted by molar-refractivity contribution is 5.39. The van der Waals surface area contributed by atoms with Gasteiger partial charge in [-0.3, -0.25) is 0 Å². The van der Waals surface area contributed by atoms with Crippen LogP contribution in [0.1, 0.15) is 38.4 Å². The zero-order valence-corrected chi connectivity index (χ0v) is 8.38. The van der Waals surface area contributed by atoms with E-state index in [0.717, 1.165) is 13.0 Å². The zero-order chi connectivity index (χ0) is 9.26. The van der Waals surface area contributed by atoms with Gasteiger partial charge < -0.3 is 5.32 Å². The highest BCUT2D eigenvalue weighted by Crippen LogP contribution is 2.23. The lowest BCUT2D eigenvalue weighted by atomic mass is 10.2. The summed E-state index contributed by atoms with van der Waals surface area (Å²) in [5, 5.41) is 7.95. The molecular weight excluding hydrogens is 162 g/mol. The molecular formula is C10H17N3. The summed E-state index contributed by atoms with van der Waals surface area (Å²) < 4.78 is 2.12. The summed E-state index contributed by atoms with van der Waals surface area (Å²) in [7, 11) is 0. The van der Waals surface area contributed by atoms with E-state index in [-0.39, 0.29) is 0 Å². The molecule has 72 valence electrons. The SMILES string of the molecule is CCCc1cc2n(n1)C(C)CCN2. The first-order valence-corrected chi connectivity index (χ1v) is 5.13. The Kier molecular flexibility index (Phi) is 2.25. The molecule has 0 aliphatic carbocycles. The molecule has 1 aliphatic heterocycles. The van der Waals surface area contributed by atoms with E-state index >= 15 is 0 Å². The highest BCUT2D eigenvalue weighted by atomic mass is 15.4. The second kappa shape index (κ2) is 3.40. The lowest BCUT2D eigenvalue weighted by Crippen LogP contribution is -2.21. The molecule has 2 rings (SSSR count). The molecule has 1 atom stereocenters. The summed E-state index contributed by atoms with van der Waals surface area (Å²) in [6.45, 7) is 5.50. The molecule has 0 spiro atoms. The van der Waals surface area contributed by atoms with Crippen LogP contribution in [0.15, 0.2) is 6.07 Å². The molecule has 13 heavy (non-hydrogen) atoms. The van der Waals surface area contributed by atoms with Gasteiger partial charge in [0.1, 0.15) is 5.82 Å². The van der Waals surface area contributed by atoms with Crippen LogP contribution in [0.2, 0.25) is 0 Å². The molecule has 0 saturated carbocycles. The van der Waals surface area contributed by atoms with E-state index in [2.05, 4.69) is 35.0 Å². The second-order valence-electron chi connectivity index (χ2n) is 3.78. The van der Waals surface area contributed by atoms with Crippen molar-refractivity contribution in [2.75, 3.05) is 11.9 Å². The minimum Gasteiger partial charge on any atom is -0.370 e. The Hall–Kier alpha value is -0.990. The number of aryl methyl sites for hydroxylation is 1. The maximum Gasteiger partial charge on any atom is 0.124 e.